The molecule has 2 heterocycles. The third-order valence-corrected chi connectivity index (χ3v) is 4.86. The van der Waals surface area contributed by atoms with Crippen molar-refractivity contribution >= 4 is 17.7 Å². The molecule has 5 nitrogen and oxygen atoms in total. The molecule has 1 saturated heterocycles. The Balaban J connectivity index is 1.87. The lowest BCUT2D eigenvalue weighted by atomic mass is 10.2. The van der Waals surface area contributed by atoms with Gasteiger partial charge in [0.05, 0.1) is 10.8 Å². The number of rotatable bonds is 3. The summed E-state index contributed by atoms with van der Waals surface area (Å²) in [5.41, 5.74) is 0.411. The van der Waals surface area contributed by atoms with Crippen molar-refractivity contribution < 1.29 is 9.18 Å². The van der Waals surface area contributed by atoms with E-state index < -0.39 is 0 Å². The van der Waals surface area contributed by atoms with Crippen molar-refractivity contribution in [3.63, 3.8) is 0 Å². The first-order chi connectivity index (χ1) is 10.1. The Hall–Kier alpha value is -1.89. The van der Waals surface area contributed by atoms with E-state index in [2.05, 4.69) is 10.2 Å². The highest BCUT2D eigenvalue weighted by molar-refractivity contribution is 8.00. The largest absolute Gasteiger partial charge is 0.345 e. The first-order valence-corrected chi connectivity index (χ1v) is 7.52. The Kier molecular flexibility index (Phi) is 3.67. The van der Waals surface area contributed by atoms with Gasteiger partial charge in [-0.05, 0) is 18.6 Å². The van der Waals surface area contributed by atoms with Crippen LogP contribution in [0.3, 0.4) is 0 Å². The van der Waals surface area contributed by atoms with Gasteiger partial charge in [-0.15, -0.1) is 10.2 Å². The summed E-state index contributed by atoms with van der Waals surface area (Å²) in [6, 6.07) is 6.46. The molecule has 110 valence electrons. The van der Waals surface area contributed by atoms with Crippen molar-refractivity contribution in [3.05, 3.63) is 30.1 Å². The first-order valence-electron chi connectivity index (χ1n) is 6.64. The number of carbonyl (C=O) groups excluding carboxylic acids is 1. The summed E-state index contributed by atoms with van der Waals surface area (Å²) in [6.45, 7) is 0.758. The van der Waals surface area contributed by atoms with Crippen LogP contribution in [0.25, 0.3) is 11.4 Å². The van der Waals surface area contributed by atoms with Gasteiger partial charge in [-0.1, -0.05) is 23.9 Å². The second-order valence-electron chi connectivity index (χ2n) is 5.00. The van der Waals surface area contributed by atoms with Crippen LogP contribution in [0.5, 0.6) is 0 Å². The summed E-state index contributed by atoms with van der Waals surface area (Å²) in [5.74, 6) is 0.242. The molecule has 1 atom stereocenters. The zero-order valence-electron chi connectivity index (χ0n) is 11.8. The number of nitrogens with zero attached hydrogens (tertiary/aromatic N) is 4. The Morgan fingerprint density at radius 2 is 2.05 bits per heavy atom. The SMILES string of the molecule is CN1CCC(Sc2nnc(-c3ccccc3F)n2C)C1=O. The number of carbonyl (C=O) groups is 1. The normalized spacial score (nSPS) is 18.5. The highest BCUT2D eigenvalue weighted by atomic mass is 32.2. The lowest BCUT2D eigenvalue weighted by molar-refractivity contribution is -0.126. The van der Waals surface area contributed by atoms with Gasteiger partial charge in [0.15, 0.2) is 11.0 Å². The van der Waals surface area contributed by atoms with Crippen molar-refractivity contribution in [2.45, 2.75) is 16.8 Å². The number of amides is 1. The van der Waals surface area contributed by atoms with Crippen LogP contribution in [0, 0.1) is 5.82 Å². The summed E-state index contributed by atoms with van der Waals surface area (Å²) in [7, 11) is 3.58. The molecule has 7 heteroatoms. The van der Waals surface area contributed by atoms with E-state index in [9.17, 15) is 9.18 Å². The minimum atomic E-state index is -0.332. The van der Waals surface area contributed by atoms with Crippen molar-refractivity contribution in [1.82, 2.24) is 19.7 Å². The fourth-order valence-electron chi connectivity index (χ4n) is 2.32. The molecular weight excluding hydrogens is 291 g/mol. The van der Waals surface area contributed by atoms with Crippen molar-refractivity contribution in [2.75, 3.05) is 13.6 Å². The molecule has 21 heavy (non-hydrogen) atoms. The maximum absolute atomic E-state index is 13.8. The predicted octanol–water partition coefficient (Wildman–Crippen LogP) is 1.94. The topological polar surface area (TPSA) is 51.0 Å². The molecule has 3 rings (SSSR count). The van der Waals surface area contributed by atoms with Crippen LogP contribution in [0.1, 0.15) is 6.42 Å². The summed E-state index contributed by atoms with van der Waals surface area (Å²) >= 11 is 1.39. The second kappa shape index (κ2) is 5.48. The minimum absolute atomic E-state index is 0.107. The molecular formula is C14H15FN4OS. The molecule has 1 aliphatic heterocycles. The molecule has 0 aliphatic carbocycles. The van der Waals surface area contributed by atoms with E-state index in [4.69, 9.17) is 0 Å². The van der Waals surface area contributed by atoms with Gasteiger partial charge in [0, 0.05) is 20.6 Å². The maximum atomic E-state index is 13.8. The second-order valence-corrected chi connectivity index (χ2v) is 6.17. The Bertz CT molecular complexity index is 687. The van der Waals surface area contributed by atoms with Crippen LogP contribution >= 0.6 is 11.8 Å². The Morgan fingerprint density at radius 1 is 1.29 bits per heavy atom. The Morgan fingerprint density at radius 3 is 2.71 bits per heavy atom. The number of hydrogen-bond acceptors (Lipinski definition) is 4. The molecule has 0 radical (unpaired) electrons. The Labute approximate surface area is 126 Å². The van der Waals surface area contributed by atoms with Crippen LogP contribution in [0.4, 0.5) is 4.39 Å². The molecule has 0 bridgehead atoms. The maximum Gasteiger partial charge on any atom is 0.235 e. The number of aromatic nitrogens is 3. The fourth-order valence-corrected chi connectivity index (χ4v) is 3.41. The molecule has 1 aliphatic rings. The van der Waals surface area contributed by atoms with E-state index in [1.807, 2.05) is 0 Å². The molecule has 1 aromatic heterocycles. The molecule has 1 aromatic carbocycles. The molecule has 1 unspecified atom stereocenters. The highest BCUT2D eigenvalue weighted by Gasteiger charge is 2.31. The zero-order valence-corrected chi connectivity index (χ0v) is 12.6. The smallest absolute Gasteiger partial charge is 0.235 e. The lowest BCUT2D eigenvalue weighted by Crippen LogP contribution is -2.23. The standard InChI is InChI=1S/C14H15FN4OS/c1-18-8-7-11(13(18)20)21-14-17-16-12(19(14)2)9-5-3-4-6-10(9)15/h3-6,11H,7-8H2,1-2H3. The molecule has 0 N–H and O–H groups in total. The molecule has 1 fully saturated rings. The van der Waals surface area contributed by atoms with Gasteiger partial charge >= 0.3 is 0 Å². The van der Waals surface area contributed by atoms with Crippen LogP contribution in [-0.4, -0.2) is 44.4 Å². The summed E-state index contributed by atoms with van der Waals surface area (Å²) < 4.78 is 15.6. The van der Waals surface area contributed by atoms with Crippen LogP contribution in [-0.2, 0) is 11.8 Å². The number of thioether (sulfide) groups is 1. The molecule has 0 spiro atoms. The molecule has 2 aromatic rings. The van der Waals surface area contributed by atoms with Gasteiger partial charge in [0.2, 0.25) is 5.91 Å². The van der Waals surface area contributed by atoms with Gasteiger partial charge in [-0.25, -0.2) is 4.39 Å². The van der Waals surface area contributed by atoms with E-state index in [-0.39, 0.29) is 17.0 Å². The monoisotopic (exact) mass is 306 g/mol. The van der Waals surface area contributed by atoms with E-state index >= 15 is 0 Å². The van der Waals surface area contributed by atoms with Gasteiger partial charge in [0.1, 0.15) is 5.82 Å². The van der Waals surface area contributed by atoms with Crippen molar-refractivity contribution in [1.29, 1.82) is 0 Å². The average Bonchev–Trinajstić information content (AvgIpc) is 2.98. The highest BCUT2D eigenvalue weighted by Crippen LogP contribution is 2.31. The minimum Gasteiger partial charge on any atom is -0.345 e. The van der Waals surface area contributed by atoms with E-state index in [0.717, 1.165) is 13.0 Å². The number of hydrogen-bond donors (Lipinski definition) is 0. The third-order valence-electron chi connectivity index (χ3n) is 3.58. The third kappa shape index (κ3) is 2.53. The van der Waals surface area contributed by atoms with Crippen molar-refractivity contribution in [2.24, 2.45) is 7.05 Å². The quantitative estimate of drug-likeness (QED) is 0.869. The lowest BCUT2D eigenvalue weighted by Gasteiger charge is -2.09. The van der Waals surface area contributed by atoms with Crippen LogP contribution < -0.4 is 0 Å². The zero-order chi connectivity index (χ0) is 15.0. The van der Waals surface area contributed by atoms with Crippen molar-refractivity contribution in [3.8, 4) is 11.4 Å². The summed E-state index contributed by atoms with van der Waals surface area (Å²) in [4.78, 5) is 13.7. The number of halogens is 1. The summed E-state index contributed by atoms with van der Waals surface area (Å²) in [6.07, 6.45) is 0.794. The molecule has 1 amide bonds. The summed E-state index contributed by atoms with van der Waals surface area (Å²) in [5, 5.41) is 8.65. The predicted molar refractivity (Wildman–Crippen MR) is 78.3 cm³/mol. The average molecular weight is 306 g/mol. The van der Waals surface area contributed by atoms with Gasteiger partial charge in [-0.2, -0.15) is 0 Å². The van der Waals surface area contributed by atoms with Crippen LogP contribution in [0.15, 0.2) is 29.4 Å². The van der Waals surface area contributed by atoms with Gasteiger partial charge in [0.25, 0.3) is 0 Å². The van der Waals surface area contributed by atoms with E-state index in [0.29, 0.717) is 16.5 Å². The first kappa shape index (κ1) is 14.1. The number of likely N-dealkylation sites (tertiary alicyclic amines) is 1. The van der Waals surface area contributed by atoms with E-state index in [1.54, 1.807) is 41.8 Å². The number of benzene rings is 1. The van der Waals surface area contributed by atoms with Crippen LogP contribution in [0.2, 0.25) is 0 Å². The molecule has 0 saturated carbocycles. The van der Waals surface area contributed by atoms with Gasteiger partial charge in [-0.3, -0.25) is 4.79 Å². The van der Waals surface area contributed by atoms with Gasteiger partial charge < -0.3 is 9.47 Å². The fraction of sp³-hybridized carbons (Fsp3) is 0.357. The van der Waals surface area contributed by atoms with E-state index in [1.165, 1.54) is 17.8 Å².